The average molecular weight is 475 g/mol. The van der Waals surface area contributed by atoms with E-state index in [0.29, 0.717) is 18.4 Å². The van der Waals surface area contributed by atoms with Gasteiger partial charge in [-0.1, -0.05) is 99.6 Å². The maximum Gasteiger partial charge on any atom is 0.314 e. The van der Waals surface area contributed by atoms with E-state index in [1.165, 1.54) is 5.56 Å². The van der Waals surface area contributed by atoms with E-state index in [9.17, 15) is 9.90 Å². The third kappa shape index (κ3) is 4.74. The van der Waals surface area contributed by atoms with Gasteiger partial charge in [-0.3, -0.25) is 4.79 Å². The smallest absolute Gasteiger partial charge is 0.314 e. The third-order valence-corrected chi connectivity index (χ3v) is 9.17. The van der Waals surface area contributed by atoms with Crippen molar-refractivity contribution in [2.24, 2.45) is 5.92 Å². The summed E-state index contributed by atoms with van der Waals surface area (Å²) in [4.78, 5) is 13.1. The number of aliphatic hydroxyl groups is 1. The first kappa shape index (κ1) is 24.4. The number of rotatable bonds is 6. The van der Waals surface area contributed by atoms with E-state index in [0.717, 1.165) is 15.9 Å². The Bertz CT molecular complexity index is 1080. The van der Waals surface area contributed by atoms with Crippen molar-refractivity contribution in [1.82, 2.24) is 0 Å². The minimum atomic E-state index is -2.36. The second-order valence-corrected chi connectivity index (χ2v) is 12.3. The average Bonchev–Trinajstić information content (AvgIpc) is 2.83. The van der Waals surface area contributed by atoms with E-state index in [-0.39, 0.29) is 12.0 Å². The summed E-state index contributed by atoms with van der Waals surface area (Å²) in [6.07, 6.45) is 1.17. The summed E-state index contributed by atoms with van der Waals surface area (Å²) in [6, 6.07) is 26.1. The van der Waals surface area contributed by atoms with Crippen LogP contribution in [0.4, 0.5) is 0 Å². The number of ether oxygens (including phenoxy) is 1. The molecule has 4 rings (SSSR count). The molecule has 0 amide bonds. The molecule has 0 spiro atoms. The van der Waals surface area contributed by atoms with E-state index in [1.54, 1.807) is 6.92 Å². The van der Waals surface area contributed by atoms with Crippen LogP contribution in [0.3, 0.4) is 0 Å². The number of fused-ring (bicyclic) bond motifs is 1. The van der Waals surface area contributed by atoms with Crippen molar-refractivity contribution >= 4 is 25.4 Å². The molecule has 0 fully saturated rings. The predicted octanol–water partition coefficient (Wildman–Crippen LogP) is 3.81. The van der Waals surface area contributed by atoms with Crippen LogP contribution in [0.5, 0.6) is 0 Å². The van der Waals surface area contributed by atoms with Crippen molar-refractivity contribution < 1.29 is 19.1 Å². The molecule has 2 unspecified atom stereocenters. The highest BCUT2D eigenvalue weighted by Gasteiger charge is 2.51. The van der Waals surface area contributed by atoms with Gasteiger partial charge in [0, 0.05) is 5.56 Å². The topological polar surface area (TPSA) is 55.8 Å². The largest absolute Gasteiger partial charge is 0.466 e. The molecule has 1 N–H and O–H groups in total. The Kier molecular flexibility index (Phi) is 7.08. The zero-order chi connectivity index (χ0) is 24.3. The highest BCUT2D eigenvalue weighted by Crippen LogP contribution is 2.45. The molecular formula is C29H34O4Si. The molecule has 178 valence electrons. The molecule has 0 saturated carbocycles. The number of benzene rings is 3. The number of carbonyl (C=O) groups excluding carboxylic acids is 1. The lowest BCUT2D eigenvalue weighted by Gasteiger charge is -2.43. The lowest BCUT2D eigenvalue weighted by Crippen LogP contribution is -2.56. The number of hydrogen-bond donors (Lipinski definition) is 1. The number of carbonyl (C=O) groups is 1. The SMILES string of the molecule is CCOC(=O)C1CCc2c(C(C)(C)C)cccc2C1(O)O[SiH](c1ccccc1)c1ccccc1. The fraction of sp³-hybridized carbons (Fsp3) is 0.345. The van der Waals surface area contributed by atoms with E-state index < -0.39 is 26.7 Å². The maximum absolute atomic E-state index is 13.1. The molecule has 0 bridgehead atoms. The van der Waals surface area contributed by atoms with Crippen LogP contribution in [0.1, 0.15) is 50.8 Å². The first-order valence-electron chi connectivity index (χ1n) is 12.0. The Balaban J connectivity index is 1.88. The summed E-state index contributed by atoms with van der Waals surface area (Å²) in [5.74, 6) is -2.98. The molecule has 0 saturated heterocycles. The third-order valence-electron chi connectivity index (χ3n) is 6.60. The van der Waals surface area contributed by atoms with Crippen LogP contribution in [0, 0.1) is 5.92 Å². The molecule has 5 heteroatoms. The van der Waals surface area contributed by atoms with Gasteiger partial charge in [0.1, 0.15) is 5.92 Å². The molecule has 0 aliphatic heterocycles. The molecule has 3 aromatic rings. The summed E-state index contributed by atoms with van der Waals surface area (Å²) in [6.45, 7) is 8.57. The minimum absolute atomic E-state index is 0.0985. The van der Waals surface area contributed by atoms with Crippen molar-refractivity contribution in [2.75, 3.05) is 6.61 Å². The zero-order valence-corrected chi connectivity index (χ0v) is 21.6. The molecule has 2 atom stereocenters. The van der Waals surface area contributed by atoms with Gasteiger partial charge >= 0.3 is 5.97 Å². The first-order valence-corrected chi connectivity index (χ1v) is 13.7. The van der Waals surface area contributed by atoms with Gasteiger partial charge in [0.15, 0.2) is 5.79 Å². The van der Waals surface area contributed by atoms with Crippen molar-refractivity contribution in [3.05, 3.63) is 95.6 Å². The van der Waals surface area contributed by atoms with Gasteiger partial charge in [0.05, 0.1) is 6.61 Å². The van der Waals surface area contributed by atoms with Crippen LogP contribution in [0.2, 0.25) is 0 Å². The van der Waals surface area contributed by atoms with Crippen molar-refractivity contribution in [3.8, 4) is 0 Å². The van der Waals surface area contributed by atoms with E-state index >= 15 is 0 Å². The van der Waals surface area contributed by atoms with Crippen LogP contribution in [0.25, 0.3) is 0 Å². The summed E-state index contributed by atoms with van der Waals surface area (Å²) in [5, 5.41) is 14.5. The Labute approximate surface area is 204 Å². The molecule has 34 heavy (non-hydrogen) atoms. The highest BCUT2D eigenvalue weighted by atomic mass is 28.3. The van der Waals surface area contributed by atoms with Gasteiger partial charge in [0.2, 0.25) is 9.04 Å². The van der Waals surface area contributed by atoms with Crippen LogP contribution in [-0.4, -0.2) is 26.7 Å². The number of esters is 1. The van der Waals surface area contributed by atoms with Gasteiger partial charge in [-0.2, -0.15) is 0 Å². The van der Waals surface area contributed by atoms with Crippen LogP contribution < -0.4 is 10.4 Å². The lowest BCUT2D eigenvalue weighted by atomic mass is 9.72. The van der Waals surface area contributed by atoms with Crippen molar-refractivity contribution in [3.63, 3.8) is 0 Å². The lowest BCUT2D eigenvalue weighted by molar-refractivity contribution is -0.211. The first-order chi connectivity index (χ1) is 16.3. The van der Waals surface area contributed by atoms with E-state index in [2.05, 4.69) is 26.8 Å². The Morgan fingerprint density at radius 3 is 2.09 bits per heavy atom. The van der Waals surface area contributed by atoms with Gasteiger partial charge < -0.3 is 14.3 Å². The standard InChI is InChI=1S/C29H34O4Si/c1-5-32-27(30)26-20-19-23-24(28(2,3)4)17-12-18-25(23)29(26,31)33-34(21-13-8-6-9-14-21)22-15-10-7-11-16-22/h6-18,26,31,34H,5,19-20H2,1-4H3. The normalized spacial score (nSPS) is 20.1. The summed E-state index contributed by atoms with van der Waals surface area (Å²) in [7, 11) is -2.36. The van der Waals surface area contributed by atoms with Gasteiger partial charge in [-0.25, -0.2) is 0 Å². The van der Waals surface area contributed by atoms with Gasteiger partial charge in [-0.05, 0) is 46.7 Å². The maximum atomic E-state index is 13.1. The second-order valence-electron chi connectivity index (χ2n) is 9.94. The molecule has 1 aliphatic rings. The molecule has 0 radical (unpaired) electrons. The number of hydrogen-bond acceptors (Lipinski definition) is 4. The Hall–Kier alpha value is -2.73. The summed E-state index contributed by atoms with van der Waals surface area (Å²) < 4.78 is 12.2. The van der Waals surface area contributed by atoms with Gasteiger partial charge in [0.25, 0.3) is 0 Å². The van der Waals surface area contributed by atoms with E-state index in [4.69, 9.17) is 9.16 Å². The fourth-order valence-corrected chi connectivity index (χ4v) is 7.45. The minimum Gasteiger partial charge on any atom is -0.466 e. The monoisotopic (exact) mass is 474 g/mol. The van der Waals surface area contributed by atoms with Crippen molar-refractivity contribution in [1.29, 1.82) is 0 Å². The highest BCUT2D eigenvalue weighted by molar-refractivity contribution is 6.80. The summed E-state index contributed by atoms with van der Waals surface area (Å²) in [5.41, 5.74) is 2.84. The second kappa shape index (κ2) is 9.86. The Morgan fingerprint density at radius 1 is 0.971 bits per heavy atom. The molecule has 0 heterocycles. The van der Waals surface area contributed by atoms with Crippen molar-refractivity contribution in [2.45, 2.75) is 51.7 Å². The summed E-state index contributed by atoms with van der Waals surface area (Å²) >= 11 is 0. The fourth-order valence-electron chi connectivity index (χ4n) is 5.00. The van der Waals surface area contributed by atoms with Crippen LogP contribution in [0.15, 0.2) is 78.9 Å². The quantitative estimate of drug-likeness (QED) is 0.335. The zero-order valence-electron chi connectivity index (χ0n) is 20.5. The predicted molar refractivity (Wildman–Crippen MR) is 138 cm³/mol. The molecular weight excluding hydrogens is 440 g/mol. The van der Waals surface area contributed by atoms with Crippen LogP contribution >= 0.6 is 0 Å². The molecule has 3 aromatic carbocycles. The van der Waals surface area contributed by atoms with E-state index in [1.807, 2.05) is 72.8 Å². The Morgan fingerprint density at radius 2 is 1.56 bits per heavy atom. The van der Waals surface area contributed by atoms with Crippen LogP contribution in [-0.2, 0) is 31.6 Å². The molecule has 4 nitrogen and oxygen atoms in total. The van der Waals surface area contributed by atoms with Gasteiger partial charge in [-0.15, -0.1) is 0 Å². The molecule has 0 aromatic heterocycles. The molecule has 1 aliphatic carbocycles.